The number of anilines is 1. The van der Waals surface area contributed by atoms with E-state index in [1.807, 2.05) is 4.90 Å². The van der Waals surface area contributed by atoms with Gasteiger partial charge in [-0.3, -0.25) is 4.98 Å². The van der Waals surface area contributed by atoms with E-state index in [0.717, 1.165) is 6.20 Å². The predicted octanol–water partition coefficient (Wildman–Crippen LogP) is 1.89. The van der Waals surface area contributed by atoms with Gasteiger partial charge in [-0.25, -0.2) is 13.4 Å². The molecule has 144 valence electrons. The Labute approximate surface area is 153 Å². The van der Waals surface area contributed by atoms with Crippen molar-refractivity contribution in [2.45, 2.75) is 11.3 Å². The smallest absolute Gasteiger partial charge is 0.404 e. The second-order valence-corrected chi connectivity index (χ2v) is 8.66. The molecule has 0 atom stereocenters. The average Bonchev–Trinajstić information content (AvgIpc) is 2.53. The molecule has 2 saturated heterocycles. The minimum atomic E-state index is -4.75. The Morgan fingerprint density at radius 1 is 1.07 bits per heavy atom. The van der Waals surface area contributed by atoms with Gasteiger partial charge >= 0.3 is 6.36 Å². The van der Waals surface area contributed by atoms with Crippen molar-refractivity contribution in [3.63, 3.8) is 0 Å². The van der Waals surface area contributed by atoms with E-state index >= 15 is 0 Å². The van der Waals surface area contributed by atoms with Crippen molar-refractivity contribution in [2.75, 3.05) is 31.1 Å². The Morgan fingerprint density at radius 3 is 2.37 bits per heavy atom. The number of alkyl halides is 3. The lowest BCUT2D eigenvalue weighted by Crippen LogP contribution is -2.73. The van der Waals surface area contributed by atoms with Crippen LogP contribution in [-0.2, 0) is 10.0 Å². The van der Waals surface area contributed by atoms with Crippen molar-refractivity contribution in [1.82, 2.24) is 14.3 Å². The van der Waals surface area contributed by atoms with Crippen LogP contribution in [0.1, 0.15) is 0 Å². The molecular formula is C16H15F3N4O3S. The molecule has 0 aliphatic carbocycles. The number of nitrogens with zero attached hydrogens (tertiary/aromatic N) is 4. The molecule has 0 saturated carbocycles. The van der Waals surface area contributed by atoms with Crippen molar-refractivity contribution in [2.24, 2.45) is 5.41 Å². The Kier molecular flexibility index (Phi) is 4.04. The molecule has 0 N–H and O–H groups in total. The lowest BCUT2D eigenvalue weighted by molar-refractivity contribution is -0.274. The standard InChI is InChI=1S/C16H15F3N4O3S/c17-16(18,19)26-12-3-4-14(21-6-12)22-8-15(9-22)10-23(11-15)27(24,25)13-2-1-5-20-7-13/h1-7H,8-11H2. The third kappa shape index (κ3) is 3.44. The number of ether oxygens (including phenoxy) is 1. The van der Waals surface area contributed by atoms with Crippen LogP contribution in [-0.4, -0.2) is 55.2 Å². The van der Waals surface area contributed by atoms with Crippen LogP contribution in [0, 0.1) is 5.41 Å². The van der Waals surface area contributed by atoms with Gasteiger partial charge in [0.15, 0.2) is 0 Å². The molecule has 0 amide bonds. The van der Waals surface area contributed by atoms with E-state index in [1.54, 1.807) is 6.07 Å². The summed E-state index contributed by atoms with van der Waals surface area (Å²) >= 11 is 0. The fourth-order valence-electron chi connectivity index (χ4n) is 3.40. The zero-order valence-corrected chi connectivity index (χ0v) is 14.7. The minimum absolute atomic E-state index is 0.141. The number of hydrogen-bond donors (Lipinski definition) is 0. The van der Waals surface area contributed by atoms with E-state index in [4.69, 9.17) is 0 Å². The average molecular weight is 400 g/mol. The van der Waals surface area contributed by atoms with Crippen LogP contribution in [0.15, 0.2) is 47.8 Å². The first-order valence-electron chi connectivity index (χ1n) is 8.04. The molecular weight excluding hydrogens is 385 g/mol. The summed E-state index contributed by atoms with van der Waals surface area (Å²) in [5.41, 5.74) is -0.141. The Hall–Kier alpha value is -2.40. The number of hydrogen-bond acceptors (Lipinski definition) is 6. The molecule has 2 fully saturated rings. The molecule has 2 aliphatic heterocycles. The molecule has 2 aliphatic rings. The lowest BCUT2D eigenvalue weighted by Gasteiger charge is -2.59. The first-order chi connectivity index (χ1) is 12.7. The number of sulfonamides is 1. The highest BCUT2D eigenvalue weighted by molar-refractivity contribution is 7.89. The summed E-state index contributed by atoms with van der Waals surface area (Å²) in [7, 11) is -3.54. The second-order valence-electron chi connectivity index (χ2n) is 6.72. The largest absolute Gasteiger partial charge is 0.573 e. The van der Waals surface area contributed by atoms with Crippen LogP contribution >= 0.6 is 0 Å². The molecule has 0 radical (unpaired) electrons. The van der Waals surface area contributed by atoms with Crippen molar-refractivity contribution in [3.8, 4) is 5.75 Å². The first kappa shape index (κ1) is 18.0. The monoisotopic (exact) mass is 400 g/mol. The SMILES string of the molecule is O=S(=O)(c1cccnc1)N1CC2(CN(c3ccc(OC(F)(F)F)cn3)C2)C1. The normalized spacial score (nSPS) is 19.4. The molecule has 27 heavy (non-hydrogen) atoms. The van der Waals surface area contributed by atoms with Gasteiger partial charge in [0.25, 0.3) is 0 Å². The Balaban J connectivity index is 1.34. The highest BCUT2D eigenvalue weighted by atomic mass is 32.2. The van der Waals surface area contributed by atoms with Crippen LogP contribution in [0.3, 0.4) is 0 Å². The van der Waals surface area contributed by atoms with Crippen LogP contribution < -0.4 is 9.64 Å². The van der Waals surface area contributed by atoms with Crippen molar-refractivity contribution < 1.29 is 26.3 Å². The molecule has 0 aromatic carbocycles. The molecule has 0 unspecified atom stereocenters. The summed E-state index contributed by atoms with van der Waals surface area (Å²) < 4.78 is 66.7. The maximum Gasteiger partial charge on any atom is 0.573 e. The maximum absolute atomic E-state index is 12.5. The zero-order chi connectivity index (χ0) is 19.3. The Morgan fingerprint density at radius 2 is 1.81 bits per heavy atom. The summed E-state index contributed by atoms with van der Waals surface area (Å²) in [6.07, 6.45) is -0.896. The first-order valence-corrected chi connectivity index (χ1v) is 9.48. The third-order valence-electron chi connectivity index (χ3n) is 4.63. The predicted molar refractivity (Wildman–Crippen MR) is 88.6 cm³/mol. The van der Waals surface area contributed by atoms with E-state index in [-0.39, 0.29) is 16.1 Å². The van der Waals surface area contributed by atoms with E-state index in [2.05, 4.69) is 14.7 Å². The highest BCUT2D eigenvalue weighted by Crippen LogP contribution is 2.43. The van der Waals surface area contributed by atoms with Crippen molar-refractivity contribution in [1.29, 1.82) is 0 Å². The van der Waals surface area contributed by atoms with Crippen LogP contribution in [0.25, 0.3) is 0 Å². The number of halogens is 3. The fraction of sp³-hybridized carbons (Fsp3) is 0.375. The quantitative estimate of drug-likeness (QED) is 0.780. The lowest BCUT2D eigenvalue weighted by atomic mass is 9.74. The van der Waals surface area contributed by atoms with Crippen molar-refractivity contribution >= 4 is 15.8 Å². The van der Waals surface area contributed by atoms with E-state index in [1.165, 1.54) is 34.9 Å². The molecule has 11 heteroatoms. The molecule has 4 rings (SSSR count). The van der Waals surface area contributed by atoms with Crippen LogP contribution in [0.5, 0.6) is 5.75 Å². The van der Waals surface area contributed by atoms with E-state index in [9.17, 15) is 21.6 Å². The van der Waals surface area contributed by atoms with Crippen LogP contribution in [0.2, 0.25) is 0 Å². The van der Waals surface area contributed by atoms with Gasteiger partial charge in [0.2, 0.25) is 10.0 Å². The molecule has 1 spiro atoms. The second kappa shape index (κ2) is 6.06. The van der Waals surface area contributed by atoms with E-state index < -0.39 is 16.4 Å². The van der Waals surface area contributed by atoms with Gasteiger partial charge in [-0.15, -0.1) is 13.2 Å². The van der Waals surface area contributed by atoms with Crippen molar-refractivity contribution in [3.05, 3.63) is 42.9 Å². The highest BCUT2D eigenvalue weighted by Gasteiger charge is 2.55. The summed E-state index contributed by atoms with van der Waals surface area (Å²) in [6.45, 7) is 1.99. The van der Waals surface area contributed by atoms with Gasteiger partial charge in [-0.1, -0.05) is 0 Å². The molecule has 7 nitrogen and oxygen atoms in total. The molecule has 4 heterocycles. The zero-order valence-electron chi connectivity index (χ0n) is 13.9. The van der Waals surface area contributed by atoms with Gasteiger partial charge in [0.05, 0.1) is 6.20 Å². The topological polar surface area (TPSA) is 75.6 Å². The van der Waals surface area contributed by atoms with E-state index in [0.29, 0.717) is 32.0 Å². The summed E-state index contributed by atoms with van der Waals surface area (Å²) in [6, 6.07) is 5.75. The molecule has 0 bridgehead atoms. The number of rotatable bonds is 4. The number of aromatic nitrogens is 2. The molecule has 2 aromatic heterocycles. The van der Waals surface area contributed by atoms with Gasteiger partial charge in [0.1, 0.15) is 16.5 Å². The minimum Gasteiger partial charge on any atom is -0.404 e. The van der Waals surface area contributed by atoms with Gasteiger partial charge in [-0.2, -0.15) is 4.31 Å². The molecule has 2 aromatic rings. The summed E-state index contributed by atoms with van der Waals surface area (Å²) in [5.74, 6) is 0.155. The van der Waals surface area contributed by atoms with Gasteiger partial charge in [0, 0.05) is 44.0 Å². The summed E-state index contributed by atoms with van der Waals surface area (Å²) in [5, 5.41) is 0. The maximum atomic E-state index is 12.5. The third-order valence-corrected chi connectivity index (χ3v) is 6.40. The Bertz CT molecular complexity index is 922. The van der Waals surface area contributed by atoms with Crippen LogP contribution in [0.4, 0.5) is 19.0 Å². The fourth-order valence-corrected chi connectivity index (χ4v) is 5.03. The summed E-state index contributed by atoms with van der Waals surface area (Å²) in [4.78, 5) is 9.88. The van der Waals surface area contributed by atoms with Gasteiger partial charge < -0.3 is 9.64 Å². The van der Waals surface area contributed by atoms with Gasteiger partial charge in [-0.05, 0) is 24.3 Å². The number of pyridine rings is 2.